The molecule has 4 nitrogen and oxygen atoms in total. The maximum atomic E-state index is 10.9. The summed E-state index contributed by atoms with van der Waals surface area (Å²) in [5, 5.41) is 8.96. The lowest BCUT2D eigenvalue weighted by Crippen LogP contribution is -2.50. The molecule has 92 valence electrons. The third-order valence-corrected chi connectivity index (χ3v) is 3.07. The van der Waals surface area contributed by atoms with Crippen molar-refractivity contribution in [1.82, 2.24) is 4.90 Å². The van der Waals surface area contributed by atoms with E-state index in [2.05, 4.69) is 24.0 Å². The van der Waals surface area contributed by atoms with Gasteiger partial charge in [-0.3, -0.25) is 4.90 Å². The molecule has 1 aliphatic rings. The zero-order valence-electron chi connectivity index (χ0n) is 9.87. The molecule has 0 aromatic heterocycles. The van der Waals surface area contributed by atoms with E-state index in [0.717, 1.165) is 6.54 Å². The lowest BCUT2D eigenvalue weighted by atomic mass is 10.1. The first-order valence-corrected chi connectivity index (χ1v) is 5.79. The molecule has 1 heterocycles. The summed E-state index contributed by atoms with van der Waals surface area (Å²) >= 11 is 0. The first kappa shape index (κ1) is 12.1. The van der Waals surface area contributed by atoms with Crippen molar-refractivity contribution >= 4 is 5.97 Å². The van der Waals surface area contributed by atoms with Crippen LogP contribution in [0.1, 0.15) is 12.5 Å². The SMILES string of the molecule is C[C@H]1CO[C@@H](C(=O)O)CN1Cc1ccccc1. The van der Waals surface area contributed by atoms with Gasteiger partial charge in [-0.15, -0.1) is 0 Å². The molecule has 2 rings (SSSR count). The average molecular weight is 235 g/mol. The fourth-order valence-corrected chi connectivity index (χ4v) is 1.99. The molecule has 1 aromatic rings. The number of carboxylic acids is 1. The van der Waals surface area contributed by atoms with Crippen molar-refractivity contribution in [3.63, 3.8) is 0 Å². The molecule has 1 N–H and O–H groups in total. The van der Waals surface area contributed by atoms with Crippen LogP contribution in [0.4, 0.5) is 0 Å². The van der Waals surface area contributed by atoms with E-state index in [0.29, 0.717) is 13.2 Å². The van der Waals surface area contributed by atoms with E-state index < -0.39 is 12.1 Å². The fraction of sp³-hybridized carbons (Fsp3) is 0.462. The summed E-state index contributed by atoms with van der Waals surface area (Å²) in [7, 11) is 0. The number of hydrogen-bond donors (Lipinski definition) is 1. The van der Waals surface area contributed by atoms with Crippen molar-refractivity contribution < 1.29 is 14.6 Å². The first-order chi connectivity index (χ1) is 8.16. The van der Waals surface area contributed by atoms with Gasteiger partial charge in [0.25, 0.3) is 0 Å². The highest BCUT2D eigenvalue weighted by molar-refractivity contribution is 5.72. The number of hydrogen-bond acceptors (Lipinski definition) is 3. The highest BCUT2D eigenvalue weighted by Crippen LogP contribution is 2.15. The summed E-state index contributed by atoms with van der Waals surface area (Å²) in [6.07, 6.45) is -0.699. The molecule has 4 heteroatoms. The van der Waals surface area contributed by atoms with Crippen LogP contribution < -0.4 is 0 Å². The van der Waals surface area contributed by atoms with E-state index in [9.17, 15) is 4.79 Å². The first-order valence-electron chi connectivity index (χ1n) is 5.79. The molecule has 17 heavy (non-hydrogen) atoms. The van der Waals surface area contributed by atoms with Crippen LogP contribution in [-0.2, 0) is 16.1 Å². The topological polar surface area (TPSA) is 49.8 Å². The van der Waals surface area contributed by atoms with Crippen LogP contribution in [0.2, 0.25) is 0 Å². The second kappa shape index (κ2) is 5.29. The largest absolute Gasteiger partial charge is 0.479 e. The Labute approximate surface area is 101 Å². The molecular weight excluding hydrogens is 218 g/mol. The molecule has 0 spiro atoms. The molecule has 0 amide bonds. The summed E-state index contributed by atoms with van der Waals surface area (Å²) in [5.41, 5.74) is 1.20. The van der Waals surface area contributed by atoms with E-state index in [4.69, 9.17) is 9.84 Å². The molecule has 0 aliphatic carbocycles. The smallest absolute Gasteiger partial charge is 0.334 e. The van der Waals surface area contributed by atoms with Crippen molar-refractivity contribution in [2.75, 3.05) is 13.2 Å². The van der Waals surface area contributed by atoms with Crippen molar-refractivity contribution in [3.05, 3.63) is 35.9 Å². The van der Waals surface area contributed by atoms with Crippen molar-refractivity contribution in [3.8, 4) is 0 Å². The van der Waals surface area contributed by atoms with Gasteiger partial charge in [-0.2, -0.15) is 0 Å². The number of ether oxygens (including phenoxy) is 1. The van der Waals surface area contributed by atoms with E-state index in [-0.39, 0.29) is 6.04 Å². The second-order valence-electron chi connectivity index (χ2n) is 4.42. The minimum absolute atomic E-state index is 0.255. The van der Waals surface area contributed by atoms with E-state index >= 15 is 0 Å². The maximum absolute atomic E-state index is 10.9. The van der Waals surface area contributed by atoms with Crippen LogP contribution in [0.15, 0.2) is 30.3 Å². The van der Waals surface area contributed by atoms with Crippen molar-refractivity contribution in [1.29, 1.82) is 0 Å². The van der Waals surface area contributed by atoms with Crippen molar-refractivity contribution in [2.45, 2.75) is 25.6 Å². The third kappa shape index (κ3) is 3.05. The maximum Gasteiger partial charge on any atom is 0.334 e. The molecule has 1 aromatic carbocycles. The van der Waals surface area contributed by atoms with Gasteiger partial charge in [0, 0.05) is 19.1 Å². The van der Waals surface area contributed by atoms with Crippen LogP contribution in [0.5, 0.6) is 0 Å². The Hall–Kier alpha value is -1.39. The van der Waals surface area contributed by atoms with E-state index in [1.54, 1.807) is 0 Å². The zero-order chi connectivity index (χ0) is 12.3. The quantitative estimate of drug-likeness (QED) is 0.859. The normalized spacial score (nSPS) is 25.7. The summed E-state index contributed by atoms with van der Waals surface area (Å²) in [6, 6.07) is 10.3. The molecular formula is C13H17NO3. The highest BCUT2D eigenvalue weighted by Gasteiger charge is 2.30. The Bertz CT molecular complexity index is 380. The van der Waals surface area contributed by atoms with Gasteiger partial charge in [0.1, 0.15) is 0 Å². The van der Waals surface area contributed by atoms with Gasteiger partial charge in [0.15, 0.2) is 6.10 Å². The predicted molar refractivity (Wildman–Crippen MR) is 63.7 cm³/mol. The summed E-state index contributed by atoms with van der Waals surface area (Å²) in [6.45, 7) is 3.76. The van der Waals surface area contributed by atoms with Crippen LogP contribution in [0.3, 0.4) is 0 Å². The van der Waals surface area contributed by atoms with Crippen LogP contribution >= 0.6 is 0 Å². The van der Waals surface area contributed by atoms with E-state index in [1.807, 2.05) is 18.2 Å². The van der Waals surface area contributed by atoms with Gasteiger partial charge >= 0.3 is 5.97 Å². The van der Waals surface area contributed by atoms with E-state index in [1.165, 1.54) is 5.56 Å². The molecule has 0 radical (unpaired) electrons. The average Bonchev–Trinajstić information content (AvgIpc) is 2.33. The number of morpholine rings is 1. The van der Waals surface area contributed by atoms with Crippen LogP contribution in [0, 0.1) is 0 Å². The van der Waals surface area contributed by atoms with Gasteiger partial charge in [-0.25, -0.2) is 4.79 Å². The van der Waals surface area contributed by atoms with Gasteiger partial charge in [-0.1, -0.05) is 30.3 Å². The highest BCUT2D eigenvalue weighted by atomic mass is 16.5. The molecule has 1 fully saturated rings. The fourth-order valence-electron chi connectivity index (χ4n) is 1.99. The lowest BCUT2D eigenvalue weighted by molar-refractivity contribution is -0.159. The minimum atomic E-state index is -0.880. The van der Waals surface area contributed by atoms with Gasteiger partial charge < -0.3 is 9.84 Å². The molecule has 2 atom stereocenters. The number of aliphatic carboxylic acids is 1. The zero-order valence-corrected chi connectivity index (χ0v) is 9.87. The molecule has 0 bridgehead atoms. The third-order valence-electron chi connectivity index (χ3n) is 3.07. The molecule has 1 aliphatic heterocycles. The number of nitrogens with zero attached hydrogens (tertiary/aromatic N) is 1. The number of carbonyl (C=O) groups is 1. The standard InChI is InChI=1S/C13H17NO3/c1-10-9-17-12(13(15)16)8-14(10)7-11-5-3-2-4-6-11/h2-6,10,12H,7-9H2,1H3,(H,15,16)/t10-,12+/m0/s1. The Kier molecular flexibility index (Phi) is 3.76. The van der Waals surface area contributed by atoms with Crippen LogP contribution in [0.25, 0.3) is 0 Å². The summed E-state index contributed by atoms with van der Waals surface area (Å²) < 4.78 is 5.28. The molecule has 1 saturated heterocycles. The van der Waals surface area contributed by atoms with Gasteiger partial charge in [0.05, 0.1) is 6.61 Å². The summed E-state index contributed by atoms with van der Waals surface area (Å²) in [4.78, 5) is 13.1. The second-order valence-corrected chi connectivity index (χ2v) is 4.42. The molecule has 0 saturated carbocycles. The Balaban J connectivity index is 2.01. The number of benzene rings is 1. The monoisotopic (exact) mass is 235 g/mol. The van der Waals surface area contributed by atoms with Gasteiger partial charge in [-0.05, 0) is 12.5 Å². The molecule has 0 unspecified atom stereocenters. The summed E-state index contributed by atoms with van der Waals surface area (Å²) in [5.74, 6) is -0.880. The minimum Gasteiger partial charge on any atom is -0.479 e. The Morgan fingerprint density at radius 3 is 2.82 bits per heavy atom. The predicted octanol–water partition coefficient (Wildman–Crippen LogP) is 1.36. The Morgan fingerprint density at radius 1 is 1.47 bits per heavy atom. The van der Waals surface area contributed by atoms with Gasteiger partial charge in [0.2, 0.25) is 0 Å². The number of carboxylic acid groups (broad SMARTS) is 1. The lowest BCUT2D eigenvalue weighted by Gasteiger charge is -2.36. The number of rotatable bonds is 3. The van der Waals surface area contributed by atoms with Crippen molar-refractivity contribution in [2.24, 2.45) is 0 Å². The Morgan fingerprint density at radius 2 is 2.18 bits per heavy atom. The van der Waals surface area contributed by atoms with Crippen LogP contribution in [-0.4, -0.2) is 41.3 Å².